The van der Waals surface area contributed by atoms with E-state index in [1.807, 2.05) is 0 Å². The summed E-state index contributed by atoms with van der Waals surface area (Å²) in [5.74, 6) is -1.50. The Morgan fingerprint density at radius 2 is 1.93 bits per heavy atom. The topological polar surface area (TPSA) is 37.3 Å². The zero-order chi connectivity index (χ0) is 10.7. The van der Waals surface area contributed by atoms with Crippen LogP contribution in [0, 0.1) is 5.82 Å². The molecule has 1 aromatic rings. The molecule has 1 atom stereocenters. The maximum absolute atomic E-state index is 12.5. The van der Waals surface area contributed by atoms with Crippen LogP contribution in [-0.2, 0) is 4.79 Å². The van der Waals surface area contributed by atoms with Gasteiger partial charge in [-0.1, -0.05) is 24.4 Å². The Labute approximate surface area is 91.2 Å². The third kappa shape index (κ3) is 2.52. The maximum Gasteiger partial charge on any atom is 0.321 e. The van der Waals surface area contributed by atoms with Crippen molar-refractivity contribution < 1.29 is 14.3 Å². The average Bonchev–Trinajstić information content (AvgIpc) is 2.16. The van der Waals surface area contributed by atoms with E-state index >= 15 is 0 Å². The normalized spacial score (nSPS) is 12.1. The summed E-state index contributed by atoms with van der Waals surface area (Å²) in [7, 11) is 0. The Balaban J connectivity index is 2.90. The van der Waals surface area contributed by atoms with Gasteiger partial charge in [0.2, 0.25) is 0 Å². The van der Waals surface area contributed by atoms with Crippen LogP contribution in [0.4, 0.5) is 4.39 Å². The summed E-state index contributed by atoms with van der Waals surface area (Å²) in [4.78, 5) is 10.7. The van der Waals surface area contributed by atoms with Gasteiger partial charge in [-0.05, 0) is 17.7 Å². The summed E-state index contributed by atoms with van der Waals surface area (Å²) in [5, 5.41) is 7.60. The van der Waals surface area contributed by atoms with Crippen LogP contribution in [0.2, 0.25) is 0 Å². The van der Waals surface area contributed by atoms with Crippen LogP contribution in [0.3, 0.4) is 0 Å². The van der Waals surface area contributed by atoms with Crippen molar-refractivity contribution in [2.75, 3.05) is 0 Å². The summed E-state index contributed by atoms with van der Waals surface area (Å²) in [6, 6.07) is 5.32. The highest BCUT2D eigenvalue weighted by Crippen LogP contribution is 2.11. The van der Waals surface area contributed by atoms with Gasteiger partial charge in [-0.3, -0.25) is 4.79 Å². The molecule has 0 radical (unpaired) electrons. The lowest BCUT2D eigenvalue weighted by atomic mass is 10.1. The summed E-state index contributed by atoms with van der Waals surface area (Å²) >= 11 is 8.71. The highest BCUT2D eigenvalue weighted by Gasteiger charge is 2.18. The first-order valence-electron chi connectivity index (χ1n) is 3.73. The second-order valence-electron chi connectivity index (χ2n) is 2.61. The standard InChI is InChI=1S/C9H7FO2S2/c10-6-3-1-5(2-4-6)7(13)8(14)9(11)12/h1-4,8,14H,(H,11,12). The van der Waals surface area contributed by atoms with E-state index in [2.05, 4.69) is 12.6 Å². The fourth-order valence-corrected chi connectivity index (χ4v) is 1.27. The number of thiocarbonyl (C=S) groups is 1. The quantitative estimate of drug-likeness (QED) is 0.473. The van der Waals surface area contributed by atoms with Crippen molar-refractivity contribution in [2.24, 2.45) is 0 Å². The molecule has 0 heterocycles. The van der Waals surface area contributed by atoms with E-state index in [9.17, 15) is 9.18 Å². The molecule has 0 aromatic heterocycles. The van der Waals surface area contributed by atoms with E-state index in [1.54, 1.807) is 0 Å². The van der Waals surface area contributed by atoms with Crippen LogP contribution in [0.25, 0.3) is 0 Å². The molecule has 0 saturated heterocycles. The first-order valence-corrected chi connectivity index (χ1v) is 4.65. The number of carboxylic acids is 1. The Morgan fingerprint density at radius 1 is 1.43 bits per heavy atom. The number of hydrogen-bond acceptors (Lipinski definition) is 3. The molecule has 0 spiro atoms. The average molecular weight is 230 g/mol. The van der Waals surface area contributed by atoms with Gasteiger partial charge < -0.3 is 5.11 Å². The van der Waals surface area contributed by atoms with Crippen LogP contribution in [0.5, 0.6) is 0 Å². The Bertz CT molecular complexity index is 362. The molecule has 0 aliphatic rings. The van der Waals surface area contributed by atoms with Gasteiger partial charge in [-0.15, -0.1) is 0 Å². The molecule has 0 amide bonds. The van der Waals surface area contributed by atoms with E-state index in [4.69, 9.17) is 17.3 Å². The van der Waals surface area contributed by atoms with Gasteiger partial charge in [0.05, 0.1) is 0 Å². The van der Waals surface area contributed by atoms with Gasteiger partial charge in [0, 0.05) is 4.86 Å². The van der Waals surface area contributed by atoms with Crippen LogP contribution in [0.15, 0.2) is 24.3 Å². The number of hydrogen-bond donors (Lipinski definition) is 2. The second kappa shape index (κ2) is 4.52. The zero-order valence-electron chi connectivity index (χ0n) is 6.98. The molecule has 0 saturated carbocycles. The van der Waals surface area contributed by atoms with E-state index < -0.39 is 11.2 Å². The van der Waals surface area contributed by atoms with Crippen molar-refractivity contribution in [1.82, 2.24) is 0 Å². The lowest BCUT2D eigenvalue weighted by Crippen LogP contribution is -2.23. The van der Waals surface area contributed by atoms with Crippen molar-refractivity contribution in [3.05, 3.63) is 35.6 Å². The molecule has 1 aromatic carbocycles. The number of carbonyl (C=O) groups is 1. The lowest BCUT2D eigenvalue weighted by molar-refractivity contribution is -0.135. The number of thiol groups is 1. The first-order chi connectivity index (χ1) is 6.52. The number of carboxylic acid groups (broad SMARTS) is 1. The van der Waals surface area contributed by atoms with Crippen molar-refractivity contribution >= 4 is 35.7 Å². The summed E-state index contributed by atoms with van der Waals surface area (Å²) in [6.45, 7) is 0. The molecule has 0 aliphatic heterocycles. The number of benzene rings is 1. The predicted molar refractivity (Wildman–Crippen MR) is 58.5 cm³/mol. The molecule has 0 aliphatic carbocycles. The minimum absolute atomic E-state index is 0.181. The van der Waals surface area contributed by atoms with E-state index in [0.717, 1.165) is 0 Å². The zero-order valence-corrected chi connectivity index (χ0v) is 8.69. The number of rotatable bonds is 3. The monoisotopic (exact) mass is 230 g/mol. The van der Waals surface area contributed by atoms with Gasteiger partial charge in [-0.25, -0.2) is 4.39 Å². The lowest BCUT2D eigenvalue weighted by Gasteiger charge is -2.07. The SMILES string of the molecule is O=C(O)C(S)C(=S)c1ccc(F)cc1. The third-order valence-electron chi connectivity index (χ3n) is 1.61. The fraction of sp³-hybridized carbons (Fsp3) is 0.111. The molecule has 1 unspecified atom stereocenters. The highest BCUT2D eigenvalue weighted by molar-refractivity contribution is 7.87. The van der Waals surface area contributed by atoms with Crippen LogP contribution in [0.1, 0.15) is 5.56 Å². The van der Waals surface area contributed by atoms with Crippen molar-refractivity contribution in [3.63, 3.8) is 0 Å². The summed E-state index contributed by atoms with van der Waals surface area (Å²) in [5.41, 5.74) is 0.504. The van der Waals surface area contributed by atoms with Crippen LogP contribution < -0.4 is 0 Å². The maximum atomic E-state index is 12.5. The molecule has 74 valence electrons. The van der Waals surface area contributed by atoms with Gasteiger partial charge in [0.15, 0.2) is 0 Å². The highest BCUT2D eigenvalue weighted by atomic mass is 32.1. The number of halogens is 1. The molecule has 2 nitrogen and oxygen atoms in total. The van der Waals surface area contributed by atoms with Crippen molar-refractivity contribution in [3.8, 4) is 0 Å². The van der Waals surface area contributed by atoms with E-state index in [1.165, 1.54) is 24.3 Å². The Morgan fingerprint density at radius 3 is 2.36 bits per heavy atom. The predicted octanol–water partition coefficient (Wildman–Crippen LogP) is 1.93. The minimum Gasteiger partial charge on any atom is -0.480 e. The molecular weight excluding hydrogens is 223 g/mol. The van der Waals surface area contributed by atoms with Gasteiger partial charge >= 0.3 is 5.97 Å². The van der Waals surface area contributed by atoms with Gasteiger partial charge in [0.1, 0.15) is 11.1 Å². The first kappa shape index (κ1) is 11.1. The molecule has 0 bridgehead atoms. The van der Waals surface area contributed by atoms with Crippen molar-refractivity contribution in [1.29, 1.82) is 0 Å². The van der Waals surface area contributed by atoms with E-state index in [0.29, 0.717) is 5.56 Å². The van der Waals surface area contributed by atoms with E-state index in [-0.39, 0.29) is 10.7 Å². The molecule has 0 fully saturated rings. The third-order valence-corrected chi connectivity index (χ3v) is 2.74. The van der Waals surface area contributed by atoms with Gasteiger partial charge in [0.25, 0.3) is 0 Å². The fourth-order valence-electron chi connectivity index (χ4n) is 0.884. The molecule has 1 rings (SSSR count). The molecule has 1 N–H and O–H groups in total. The van der Waals surface area contributed by atoms with Crippen LogP contribution in [-0.4, -0.2) is 21.2 Å². The second-order valence-corrected chi connectivity index (χ2v) is 3.57. The Kier molecular flexibility index (Phi) is 3.60. The van der Waals surface area contributed by atoms with Crippen molar-refractivity contribution in [2.45, 2.75) is 5.25 Å². The summed E-state index contributed by atoms with van der Waals surface area (Å²) in [6.07, 6.45) is 0. The van der Waals surface area contributed by atoms with Crippen LogP contribution >= 0.6 is 24.8 Å². The Hall–Kier alpha value is -0.940. The summed E-state index contributed by atoms with van der Waals surface area (Å²) < 4.78 is 12.5. The molecule has 14 heavy (non-hydrogen) atoms. The minimum atomic E-state index is -1.11. The molecular formula is C9H7FO2S2. The largest absolute Gasteiger partial charge is 0.480 e. The number of aliphatic carboxylic acids is 1. The molecule has 5 heteroatoms. The smallest absolute Gasteiger partial charge is 0.321 e. The van der Waals surface area contributed by atoms with Gasteiger partial charge in [-0.2, -0.15) is 12.6 Å².